The summed E-state index contributed by atoms with van der Waals surface area (Å²) in [5.41, 5.74) is 7.40. The second-order valence-corrected chi connectivity index (χ2v) is 20.8. The zero-order chi connectivity index (χ0) is 56.4. The van der Waals surface area contributed by atoms with Crippen LogP contribution in [0.1, 0.15) is 64.5 Å². The van der Waals surface area contributed by atoms with E-state index in [-0.39, 0.29) is 36.2 Å². The van der Waals surface area contributed by atoms with E-state index >= 15 is 0 Å². The summed E-state index contributed by atoms with van der Waals surface area (Å²) in [5, 5.41) is 6.28. The number of nitrogens with two attached hydrogens (primary N) is 1. The van der Waals surface area contributed by atoms with E-state index in [1.54, 1.807) is 53.8 Å². The van der Waals surface area contributed by atoms with Crippen LogP contribution in [0.3, 0.4) is 0 Å². The highest BCUT2D eigenvalue weighted by molar-refractivity contribution is 6.04. The predicted octanol–water partition coefficient (Wildman–Crippen LogP) is 9.86. The summed E-state index contributed by atoms with van der Waals surface area (Å²) in [5.74, 6) is 1.12. The lowest BCUT2D eigenvalue weighted by molar-refractivity contribution is -0.142. The number of urea groups is 1. The van der Waals surface area contributed by atoms with Gasteiger partial charge in [-0.05, 0) is 89.8 Å². The van der Waals surface area contributed by atoms with Crippen molar-refractivity contribution in [3.8, 4) is 34.5 Å². The molecular weight excluding hydrogens is 1050 g/mol. The van der Waals surface area contributed by atoms with Crippen LogP contribution in [0.5, 0.6) is 11.8 Å². The van der Waals surface area contributed by atoms with E-state index in [1.807, 2.05) is 27.7 Å². The number of piperidine rings is 2. The number of alkyl halides is 6. The van der Waals surface area contributed by atoms with Crippen LogP contribution in [0.25, 0.3) is 22.8 Å². The van der Waals surface area contributed by atoms with Crippen molar-refractivity contribution in [3.63, 3.8) is 0 Å². The number of halogens is 6. The molecule has 4 atom stereocenters. The van der Waals surface area contributed by atoms with Gasteiger partial charge in [0.2, 0.25) is 11.8 Å². The topological polar surface area (TPSA) is 210 Å². The van der Waals surface area contributed by atoms with E-state index in [0.29, 0.717) is 84.3 Å². The molecular formula is C55H60F6N12O7. The number of rotatable bonds is 9. The molecule has 4 bridgehead atoms. The Kier molecular flexibility index (Phi) is 15.9. The highest BCUT2D eigenvalue weighted by Crippen LogP contribution is 2.41. The van der Waals surface area contributed by atoms with Crippen molar-refractivity contribution in [2.45, 2.75) is 102 Å². The van der Waals surface area contributed by atoms with Crippen molar-refractivity contribution >= 4 is 40.4 Å². The molecule has 4 aromatic heterocycles. The number of benzene rings is 2. The molecule has 0 saturated carbocycles. The van der Waals surface area contributed by atoms with Crippen LogP contribution in [-0.2, 0) is 31.3 Å². The summed E-state index contributed by atoms with van der Waals surface area (Å²) in [6.45, 7) is 12.3. The first-order valence-corrected chi connectivity index (χ1v) is 26.1. The van der Waals surface area contributed by atoms with E-state index in [1.165, 1.54) is 24.4 Å². The van der Waals surface area contributed by atoms with E-state index in [2.05, 4.69) is 50.3 Å². The van der Waals surface area contributed by atoms with Crippen LogP contribution in [0, 0.1) is 0 Å². The van der Waals surface area contributed by atoms with Gasteiger partial charge in [-0.15, -0.1) is 0 Å². The maximum absolute atomic E-state index is 13.7. The number of nitrogens with zero attached hydrogens (tertiary/aromatic N) is 9. The lowest BCUT2D eigenvalue weighted by atomic mass is 10.0. The largest absolute Gasteiger partial charge is 0.475 e. The van der Waals surface area contributed by atoms with Crippen molar-refractivity contribution < 1.29 is 59.6 Å². The van der Waals surface area contributed by atoms with E-state index in [4.69, 9.17) is 34.2 Å². The fraction of sp³-hybridized carbons (Fsp3) is 0.436. The summed E-state index contributed by atoms with van der Waals surface area (Å²) < 4.78 is 112. The molecule has 6 aromatic rings. The maximum atomic E-state index is 13.7. The molecule has 10 heterocycles. The Morgan fingerprint density at radius 2 is 1.27 bits per heavy atom. The Balaban J connectivity index is 0.000000154. The molecule has 80 heavy (non-hydrogen) atoms. The van der Waals surface area contributed by atoms with Crippen molar-refractivity contribution in [2.24, 2.45) is 0 Å². The Hall–Kier alpha value is -7.61. The molecule has 4 saturated heterocycles. The summed E-state index contributed by atoms with van der Waals surface area (Å²) in [6, 6.07) is 16.4. The third-order valence-electron chi connectivity index (χ3n) is 13.8. The van der Waals surface area contributed by atoms with Crippen LogP contribution >= 0.6 is 0 Å². The Morgan fingerprint density at radius 1 is 0.713 bits per heavy atom. The van der Waals surface area contributed by atoms with Gasteiger partial charge in [0.1, 0.15) is 25.4 Å². The maximum Gasteiger partial charge on any atom is 0.416 e. The average Bonchev–Trinajstić information content (AvgIpc) is 3.98. The van der Waals surface area contributed by atoms with Gasteiger partial charge in [0.15, 0.2) is 34.9 Å². The zero-order valence-corrected chi connectivity index (χ0v) is 44.3. The standard InChI is InChI=1S/C28H29F3N6O4.C16H15F3N4.C11H16N2O3/c1-27(2)40-16-21(41-27)15-39-23-12-19(8-9-32-23)34-26(38)37-20-7-4-10-36(14-20)22-13-33-24(35-25(22)37)17-5-3-6-18(11-17)28(29,30)31;17-16(18,19)11-4-1-3-10(7-11)14-20-8-13-15(22-14)21-12-5-2-6-23(13)9-12;1-11(2)15-7-9(16-11)6-14-10-5-8(12)3-4-13-10/h3,5-6,8-9,11-13,20-21H,4,7,10,14-16H2,1-2H3,(H,32,34,38);1,3-4,7-8,12H,2,5-6,9H2,(H,20,21,22);3-5,9H,6-7H2,1-2H3,(H2,12,13)/t20-,21-;12-;9-/m000/s1. The number of fused-ring (bicyclic) bond motifs is 8. The number of carbonyl (C=O) groups is 1. The number of amides is 2. The van der Waals surface area contributed by atoms with Crippen LogP contribution < -0.4 is 40.5 Å². The third kappa shape index (κ3) is 13.5. The number of nitrogen functional groups attached to an aromatic ring is 1. The second-order valence-electron chi connectivity index (χ2n) is 20.8. The molecule has 0 aliphatic carbocycles. The molecule has 6 aliphatic heterocycles. The van der Waals surface area contributed by atoms with Crippen LogP contribution in [0.2, 0.25) is 0 Å². The molecule has 2 aromatic carbocycles. The van der Waals surface area contributed by atoms with Gasteiger partial charge in [0.05, 0.1) is 54.2 Å². The SMILES string of the molecule is CC1(C)OC[C@H](COc2cc(N)ccn2)O1.CC1(C)OC[C@H](COc2cc(NC(=O)N3c4nc(-c5cccc(C(F)(F)F)c5)ncc4N4CCC[C@H]3C4)ccn2)O1.FC(F)(F)c1cccc(-c2ncc3c(n2)N[C@H]2CCCN3C2)c1. The summed E-state index contributed by atoms with van der Waals surface area (Å²) in [6.07, 6.45) is 1.09. The average molecular weight is 1120 g/mol. The summed E-state index contributed by atoms with van der Waals surface area (Å²) in [7, 11) is 0. The lowest BCUT2D eigenvalue weighted by Gasteiger charge is -2.45. The van der Waals surface area contributed by atoms with Gasteiger partial charge >= 0.3 is 18.4 Å². The fourth-order valence-corrected chi connectivity index (χ4v) is 10.1. The molecule has 6 aliphatic rings. The molecule has 12 rings (SSSR count). The quantitative estimate of drug-likeness (QED) is 0.115. The van der Waals surface area contributed by atoms with Gasteiger partial charge < -0.3 is 54.6 Å². The van der Waals surface area contributed by atoms with Crippen molar-refractivity contribution in [3.05, 3.63) is 109 Å². The molecule has 0 radical (unpaired) electrons. The molecule has 424 valence electrons. The zero-order valence-electron chi connectivity index (χ0n) is 44.3. The van der Waals surface area contributed by atoms with Crippen molar-refractivity contribution in [1.82, 2.24) is 29.9 Å². The molecule has 2 amide bonds. The van der Waals surface area contributed by atoms with Crippen LogP contribution in [-0.4, -0.2) is 124 Å². The number of nitrogens with one attached hydrogen (secondary N) is 2. The first-order chi connectivity index (χ1) is 38.1. The van der Waals surface area contributed by atoms with Gasteiger partial charge in [-0.25, -0.2) is 34.7 Å². The Morgan fingerprint density at radius 3 is 1.86 bits per heavy atom. The highest BCUT2D eigenvalue weighted by Gasteiger charge is 2.40. The van der Waals surface area contributed by atoms with Crippen molar-refractivity contribution in [1.29, 1.82) is 0 Å². The van der Waals surface area contributed by atoms with Gasteiger partial charge in [0.25, 0.3) is 0 Å². The van der Waals surface area contributed by atoms with E-state index < -0.39 is 41.1 Å². The van der Waals surface area contributed by atoms with E-state index in [9.17, 15) is 31.1 Å². The molecule has 0 spiro atoms. The molecule has 4 N–H and O–H groups in total. The Labute approximate surface area is 457 Å². The second kappa shape index (κ2) is 22.9. The van der Waals surface area contributed by atoms with Gasteiger partial charge in [-0.3, -0.25) is 4.90 Å². The molecule has 19 nitrogen and oxygen atoms in total. The smallest absolute Gasteiger partial charge is 0.416 e. The monoisotopic (exact) mass is 1110 g/mol. The van der Waals surface area contributed by atoms with Gasteiger partial charge in [-0.2, -0.15) is 26.3 Å². The number of hydrogen-bond acceptors (Lipinski definition) is 17. The number of anilines is 6. The normalized spacial score (nSPS) is 21.4. The van der Waals surface area contributed by atoms with Gasteiger partial charge in [0, 0.05) is 79.2 Å². The molecule has 25 heteroatoms. The van der Waals surface area contributed by atoms with E-state index in [0.717, 1.165) is 75.3 Å². The van der Waals surface area contributed by atoms with Crippen LogP contribution in [0.4, 0.5) is 65.5 Å². The number of hydrogen-bond donors (Lipinski definition) is 3. The number of ether oxygens (including phenoxy) is 6. The summed E-state index contributed by atoms with van der Waals surface area (Å²) in [4.78, 5) is 45.6. The first kappa shape index (κ1) is 55.7. The van der Waals surface area contributed by atoms with Gasteiger partial charge in [-0.1, -0.05) is 24.3 Å². The Bertz CT molecular complexity index is 3170. The predicted molar refractivity (Wildman–Crippen MR) is 284 cm³/mol. The minimum atomic E-state index is -4.50. The third-order valence-corrected chi connectivity index (χ3v) is 13.8. The highest BCUT2D eigenvalue weighted by atomic mass is 19.4. The number of pyridine rings is 2. The minimum Gasteiger partial charge on any atom is -0.475 e. The first-order valence-electron chi connectivity index (χ1n) is 26.1. The van der Waals surface area contributed by atoms with Crippen LogP contribution in [0.15, 0.2) is 97.6 Å². The lowest BCUT2D eigenvalue weighted by Crippen LogP contribution is -2.56. The van der Waals surface area contributed by atoms with Crippen molar-refractivity contribution in [2.75, 3.05) is 83.7 Å². The summed E-state index contributed by atoms with van der Waals surface area (Å²) >= 11 is 0. The molecule has 0 unspecified atom stereocenters. The number of carbonyl (C=O) groups excluding carboxylic acids is 1. The number of aromatic nitrogens is 6. The fourth-order valence-electron chi connectivity index (χ4n) is 10.1. The molecule has 4 fully saturated rings. The minimum absolute atomic E-state index is 0.0572.